The highest BCUT2D eigenvalue weighted by molar-refractivity contribution is 5.54. The van der Waals surface area contributed by atoms with Crippen molar-refractivity contribution in [2.75, 3.05) is 31.1 Å². The highest BCUT2D eigenvalue weighted by Gasteiger charge is 2.15. The number of nitro benzene ring substituents is 1. The van der Waals surface area contributed by atoms with Crippen molar-refractivity contribution >= 4 is 11.4 Å². The zero-order valence-electron chi connectivity index (χ0n) is 8.65. The number of piperazine rings is 1. The van der Waals surface area contributed by atoms with E-state index >= 15 is 0 Å². The molecule has 16 heavy (non-hydrogen) atoms. The lowest BCUT2D eigenvalue weighted by Crippen LogP contribution is -2.43. The van der Waals surface area contributed by atoms with Gasteiger partial charge in [-0.25, -0.2) is 4.39 Å². The van der Waals surface area contributed by atoms with Gasteiger partial charge in [0.05, 0.1) is 11.0 Å². The van der Waals surface area contributed by atoms with Crippen molar-refractivity contribution in [2.45, 2.75) is 0 Å². The maximum absolute atomic E-state index is 13.2. The van der Waals surface area contributed by atoms with Crippen LogP contribution in [-0.2, 0) is 0 Å². The largest absolute Gasteiger partial charge is 0.369 e. The smallest absolute Gasteiger partial charge is 0.274 e. The summed E-state index contributed by atoms with van der Waals surface area (Å²) in [4.78, 5) is 12.0. The fraction of sp³-hybridized carbons (Fsp3) is 0.400. The Kier molecular flexibility index (Phi) is 3.00. The first-order valence-electron chi connectivity index (χ1n) is 5.07. The SMILES string of the molecule is O=[N+]([O-])c1cc(F)cc(N2CCNCC2)c1. The number of nitro groups is 1. The number of nitrogens with zero attached hydrogens (tertiary/aromatic N) is 2. The summed E-state index contributed by atoms with van der Waals surface area (Å²) in [5.41, 5.74) is 0.377. The summed E-state index contributed by atoms with van der Waals surface area (Å²) in [5.74, 6) is -0.567. The van der Waals surface area contributed by atoms with Crippen molar-refractivity contribution in [2.24, 2.45) is 0 Å². The monoisotopic (exact) mass is 225 g/mol. The molecule has 1 fully saturated rings. The molecule has 1 heterocycles. The summed E-state index contributed by atoms with van der Waals surface area (Å²) in [6.07, 6.45) is 0. The maximum atomic E-state index is 13.2. The number of non-ortho nitro benzene ring substituents is 1. The van der Waals surface area contributed by atoms with Crippen molar-refractivity contribution in [3.8, 4) is 0 Å². The topological polar surface area (TPSA) is 58.4 Å². The van der Waals surface area contributed by atoms with Crippen LogP contribution in [0.2, 0.25) is 0 Å². The van der Waals surface area contributed by atoms with Gasteiger partial charge in [0.15, 0.2) is 0 Å². The molecule has 2 rings (SSSR count). The van der Waals surface area contributed by atoms with Gasteiger partial charge in [0, 0.05) is 37.9 Å². The third-order valence-corrected chi connectivity index (χ3v) is 2.56. The minimum absolute atomic E-state index is 0.200. The van der Waals surface area contributed by atoms with E-state index in [9.17, 15) is 14.5 Å². The van der Waals surface area contributed by atoms with Gasteiger partial charge in [-0.05, 0) is 6.07 Å². The van der Waals surface area contributed by atoms with E-state index in [1.54, 1.807) is 0 Å². The first-order valence-corrected chi connectivity index (χ1v) is 5.07. The second-order valence-electron chi connectivity index (χ2n) is 3.66. The van der Waals surface area contributed by atoms with Crippen molar-refractivity contribution < 1.29 is 9.31 Å². The van der Waals surface area contributed by atoms with Crippen LogP contribution in [0.15, 0.2) is 18.2 Å². The fourth-order valence-corrected chi connectivity index (χ4v) is 1.77. The molecule has 0 saturated carbocycles. The van der Waals surface area contributed by atoms with Crippen molar-refractivity contribution in [1.29, 1.82) is 0 Å². The van der Waals surface area contributed by atoms with Crippen LogP contribution in [0.5, 0.6) is 0 Å². The Morgan fingerprint density at radius 1 is 1.31 bits per heavy atom. The molecular weight excluding hydrogens is 213 g/mol. The molecule has 0 spiro atoms. The third kappa shape index (κ3) is 2.27. The van der Waals surface area contributed by atoms with Crippen LogP contribution >= 0.6 is 0 Å². The van der Waals surface area contributed by atoms with E-state index in [-0.39, 0.29) is 5.69 Å². The summed E-state index contributed by atoms with van der Waals surface area (Å²) < 4.78 is 13.2. The van der Waals surface area contributed by atoms with E-state index in [2.05, 4.69) is 5.32 Å². The van der Waals surface area contributed by atoms with E-state index in [0.29, 0.717) is 5.69 Å². The Balaban J connectivity index is 2.28. The second-order valence-corrected chi connectivity index (χ2v) is 3.66. The Labute approximate surface area is 92.0 Å². The molecule has 0 bridgehead atoms. The van der Waals surface area contributed by atoms with Crippen LogP contribution in [0.3, 0.4) is 0 Å². The number of halogens is 1. The molecule has 86 valence electrons. The van der Waals surface area contributed by atoms with E-state index in [1.165, 1.54) is 12.1 Å². The molecule has 1 aromatic carbocycles. The third-order valence-electron chi connectivity index (χ3n) is 2.56. The molecule has 0 amide bonds. The molecule has 1 N–H and O–H groups in total. The highest BCUT2D eigenvalue weighted by Crippen LogP contribution is 2.23. The average Bonchev–Trinajstić information content (AvgIpc) is 2.29. The number of hydrogen-bond donors (Lipinski definition) is 1. The molecule has 0 unspecified atom stereocenters. The Bertz CT molecular complexity index is 405. The van der Waals surface area contributed by atoms with Gasteiger partial charge in [0.25, 0.3) is 5.69 Å². The number of hydrogen-bond acceptors (Lipinski definition) is 4. The summed E-state index contributed by atoms with van der Waals surface area (Å²) in [5, 5.41) is 13.8. The lowest BCUT2D eigenvalue weighted by molar-refractivity contribution is -0.385. The first-order chi connectivity index (χ1) is 7.66. The molecule has 6 heteroatoms. The number of anilines is 1. The summed E-state index contributed by atoms with van der Waals surface area (Å²) in [6.45, 7) is 3.09. The molecule has 0 radical (unpaired) electrons. The van der Waals surface area contributed by atoms with E-state index in [1.807, 2.05) is 4.90 Å². The fourth-order valence-electron chi connectivity index (χ4n) is 1.77. The first kappa shape index (κ1) is 10.8. The Morgan fingerprint density at radius 3 is 2.62 bits per heavy atom. The maximum Gasteiger partial charge on any atom is 0.274 e. The van der Waals surface area contributed by atoms with Crippen LogP contribution in [0.4, 0.5) is 15.8 Å². The molecule has 1 aromatic rings. The normalized spacial score (nSPS) is 16.2. The van der Waals surface area contributed by atoms with E-state index < -0.39 is 10.7 Å². The van der Waals surface area contributed by atoms with Crippen LogP contribution in [0, 0.1) is 15.9 Å². The lowest BCUT2D eigenvalue weighted by Gasteiger charge is -2.29. The van der Waals surface area contributed by atoms with E-state index in [0.717, 1.165) is 32.2 Å². The van der Waals surface area contributed by atoms with Crippen LogP contribution in [0.25, 0.3) is 0 Å². The number of benzene rings is 1. The molecular formula is C10H12FN3O2. The Morgan fingerprint density at radius 2 is 2.00 bits per heavy atom. The second kappa shape index (κ2) is 4.44. The Hall–Kier alpha value is -1.69. The highest BCUT2D eigenvalue weighted by atomic mass is 19.1. The van der Waals surface area contributed by atoms with Gasteiger partial charge in [-0.2, -0.15) is 0 Å². The van der Waals surface area contributed by atoms with Gasteiger partial charge in [-0.3, -0.25) is 10.1 Å². The van der Waals surface area contributed by atoms with Crippen LogP contribution < -0.4 is 10.2 Å². The summed E-state index contributed by atoms with van der Waals surface area (Å²) in [6, 6.07) is 3.68. The molecule has 0 aromatic heterocycles. The van der Waals surface area contributed by atoms with Crippen molar-refractivity contribution in [3.63, 3.8) is 0 Å². The minimum atomic E-state index is -0.575. The standard InChI is InChI=1S/C10H12FN3O2/c11-8-5-9(7-10(6-8)14(15)16)13-3-1-12-2-4-13/h5-7,12H,1-4H2. The summed E-state index contributed by atoms with van der Waals surface area (Å²) >= 11 is 0. The lowest BCUT2D eigenvalue weighted by atomic mass is 10.2. The zero-order chi connectivity index (χ0) is 11.5. The van der Waals surface area contributed by atoms with Crippen LogP contribution in [0.1, 0.15) is 0 Å². The zero-order valence-corrected chi connectivity index (χ0v) is 8.65. The van der Waals surface area contributed by atoms with Gasteiger partial charge >= 0.3 is 0 Å². The van der Waals surface area contributed by atoms with Gasteiger partial charge in [0.1, 0.15) is 5.82 Å². The number of nitrogens with one attached hydrogen (secondary N) is 1. The quantitative estimate of drug-likeness (QED) is 0.605. The minimum Gasteiger partial charge on any atom is -0.369 e. The van der Waals surface area contributed by atoms with Gasteiger partial charge in [-0.15, -0.1) is 0 Å². The predicted molar refractivity (Wildman–Crippen MR) is 58.1 cm³/mol. The van der Waals surface area contributed by atoms with Crippen molar-refractivity contribution in [3.05, 3.63) is 34.1 Å². The van der Waals surface area contributed by atoms with Crippen LogP contribution in [-0.4, -0.2) is 31.1 Å². The summed E-state index contributed by atoms with van der Waals surface area (Å²) in [7, 11) is 0. The number of rotatable bonds is 2. The average molecular weight is 225 g/mol. The van der Waals surface area contributed by atoms with Gasteiger partial charge in [0.2, 0.25) is 0 Å². The molecule has 0 aliphatic carbocycles. The molecule has 1 aliphatic heterocycles. The van der Waals surface area contributed by atoms with E-state index in [4.69, 9.17) is 0 Å². The molecule has 5 nitrogen and oxygen atoms in total. The molecule has 0 atom stereocenters. The van der Waals surface area contributed by atoms with Gasteiger partial charge < -0.3 is 10.2 Å². The molecule has 1 aliphatic rings. The van der Waals surface area contributed by atoms with Crippen molar-refractivity contribution in [1.82, 2.24) is 5.32 Å². The van der Waals surface area contributed by atoms with Gasteiger partial charge in [-0.1, -0.05) is 0 Å². The molecule has 1 saturated heterocycles. The predicted octanol–water partition coefficient (Wildman–Crippen LogP) is 1.14.